The Morgan fingerprint density at radius 3 is 2.52 bits per heavy atom. The zero-order chi connectivity index (χ0) is 18.8. The Balaban J connectivity index is 2.18. The van der Waals surface area contributed by atoms with Crippen molar-refractivity contribution >= 4 is 17.7 Å². The number of hydrogen-bond acceptors (Lipinski definition) is 6. The number of carbonyl (C=O) groups excluding carboxylic acids is 2. The van der Waals surface area contributed by atoms with Crippen LogP contribution in [0.2, 0.25) is 0 Å². The van der Waals surface area contributed by atoms with E-state index in [1.54, 1.807) is 13.8 Å². The van der Waals surface area contributed by atoms with Gasteiger partial charge in [0.05, 0.1) is 7.11 Å². The Bertz CT molecular complexity index is 816. The van der Waals surface area contributed by atoms with Crippen LogP contribution in [0, 0.1) is 13.8 Å². The van der Waals surface area contributed by atoms with Crippen molar-refractivity contribution in [2.75, 3.05) is 13.7 Å². The van der Waals surface area contributed by atoms with Crippen LogP contribution in [0.25, 0.3) is 5.78 Å². The molecule has 1 amide bonds. The van der Waals surface area contributed by atoms with Crippen LogP contribution < -0.4 is 5.32 Å². The van der Waals surface area contributed by atoms with Crippen LogP contribution in [0.3, 0.4) is 0 Å². The molecule has 0 aliphatic rings. The summed E-state index contributed by atoms with van der Waals surface area (Å²) in [7, 11) is 1.20. The molecule has 2 aromatic rings. The molecule has 0 saturated carbocycles. The molecular formula is C14H16F3N5O3. The normalized spacial score (nSPS) is 11.6. The van der Waals surface area contributed by atoms with Crippen LogP contribution in [0.5, 0.6) is 0 Å². The standard InChI is InChI=1S/C14H16F3N5O3/c1-7-9(4-5-10(23)18-6-11(24)25-3)8(2)22-13(19-7)20-12(21-22)14(15,16)17/h4-6H2,1-3H3,(H,18,23). The number of methoxy groups -OCH3 is 1. The number of alkyl halides is 3. The highest BCUT2D eigenvalue weighted by Crippen LogP contribution is 2.27. The average Bonchev–Trinajstić information content (AvgIpc) is 2.96. The fourth-order valence-corrected chi connectivity index (χ4v) is 2.26. The van der Waals surface area contributed by atoms with Crippen LogP contribution in [0.15, 0.2) is 0 Å². The second kappa shape index (κ2) is 7.03. The predicted octanol–water partition coefficient (Wildman–Crippen LogP) is 0.982. The van der Waals surface area contributed by atoms with E-state index in [1.807, 2.05) is 0 Å². The maximum atomic E-state index is 12.7. The molecule has 11 heteroatoms. The summed E-state index contributed by atoms with van der Waals surface area (Å²) in [6.45, 7) is 2.96. The molecule has 0 aromatic carbocycles. The zero-order valence-corrected chi connectivity index (χ0v) is 13.8. The predicted molar refractivity (Wildman–Crippen MR) is 78.6 cm³/mol. The van der Waals surface area contributed by atoms with E-state index in [9.17, 15) is 22.8 Å². The third-order valence-electron chi connectivity index (χ3n) is 3.56. The first-order valence-electron chi connectivity index (χ1n) is 7.27. The number of amides is 1. The Morgan fingerprint density at radius 1 is 1.24 bits per heavy atom. The molecule has 0 fully saturated rings. The number of nitrogens with zero attached hydrogens (tertiary/aromatic N) is 4. The summed E-state index contributed by atoms with van der Waals surface area (Å²) in [6.07, 6.45) is -4.40. The summed E-state index contributed by atoms with van der Waals surface area (Å²) >= 11 is 0. The number of halogens is 3. The molecular weight excluding hydrogens is 343 g/mol. The number of carbonyl (C=O) groups is 2. The van der Waals surface area contributed by atoms with E-state index in [1.165, 1.54) is 7.11 Å². The van der Waals surface area contributed by atoms with Crippen molar-refractivity contribution in [3.05, 3.63) is 22.8 Å². The van der Waals surface area contributed by atoms with Gasteiger partial charge < -0.3 is 10.1 Å². The van der Waals surface area contributed by atoms with Crippen LogP contribution in [0.4, 0.5) is 13.2 Å². The number of hydrogen-bond donors (Lipinski definition) is 1. The minimum Gasteiger partial charge on any atom is -0.468 e. The second-order valence-electron chi connectivity index (χ2n) is 5.26. The van der Waals surface area contributed by atoms with Crippen molar-refractivity contribution < 1.29 is 27.5 Å². The largest absolute Gasteiger partial charge is 0.468 e. The van der Waals surface area contributed by atoms with Gasteiger partial charge in [-0.3, -0.25) is 9.59 Å². The van der Waals surface area contributed by atoms with E-state index in [4.69, 9.17) is 0 Å². The number of ether oxygens (including phenoxy) is 1. The van der Waals surface area contributed by atoms with E-state index in [-0.39, 0.29) is 31.1 Å². The third-order valence-corrected chi connectivity index (χ3v) is 3.56. The van der Waals surface area contributed by atoms with Crippen molar-refractivity contribution in [3.8, 4) is 0 Å². The van der Waals surface area contributed by atoms with E-state index in [0.29, 0.717) is 17.0 Å². The monoisotopic (exact) mass is 359 g/mol. The van der Waals surface area contributed by atoms with Gasteiger partial charge in [-0.05, 0) is 25.8 Å². The Kier molecular flexibility index (Phi) is 5.24. The van der Waals surface area contributed by atoms with Gasteiger partial charge in [0.1, 0.15) is 6.54 Å². The van der Waals surface area contributed by atoms with Gasteiger partial charge in [-0.15, -0.1) is 5.10 Å². The minimum absolute atomic E-state index is 0.0344. The molecule has 2 rings (SSSR count). The van der Waals surface area contributed by atoms with E-state index in [2.05, 4.69) is 25.1 Å². The first-order valence-corrected chi connectivity index (χ1v) is 7.27. The van der Waals surface area contributed by atoms with Gasteiger partial charge in [0.25, 0.3) is 11.6 Å². The molecule has 136 valence electrons. The van der Waals surface area contributed by atoms with Gasteiger partial charge in [0, 0.05) is 17.8 Å². The van der Waals surface area contributed by atoms with Gasteiger partial charge in [0.15, 0.2) is 0 Å². The van der Waals surface area contributed by atoms with Gasteiger partial charge in [-0.1, -0.05) is 0 Å². The number of aryl methyl sites for hydroxylation is 2. The summed E-state index contributed by atoms with van der Waals surface area (Å²) in [6, 6.07) is 0. The average molecular weight is 359 g/mol. The van der Waals surface area contributed by atoms with Crippen LogP contribution in [0.1, 0.15) is 29.2 Å². The van der Waals surface area contributed by atoms with Gasteiger partial charge in [-0.2, -0.15) is 18.2 Å². The van der Waals surface area contributed by atoms with Crippen molar-refractivity contribution in [3.63, 3.8) is 0 Å². The highest BCUT2D eigenvalue weighted by Gasteiger charge is 2.36. The molecule has 1 N–H and O–H groups in total. The van der Waals surface area contributed by atoms with Crippen molar-refractivity contribution in [2.45, 2.75) is 32.9 Å². The molecule has 0 aliphatic carbocycles. The van der Waals surface area contributed by atoms with Gasteiger partial charge in [0.2, 0.25) is 5.91 Å². The molecule has 2 aromatic heterocycles. The molecule has 2 heterocycles. The van der Waals surface area contributed by atoms with E-state index < -0.39 is 18.0 Å². The van der Waals surface area contributed by atoms with Crippen LogP contribution in [-0.2, 0) is 26.9 Å². The van der Waals surface area contributed by atoms with Crippen LogP contribution >= 0.6 is 0 Å². The van der Waals surface area contributed by atoms with Crippen LogP contribution in [-0.4, -0.2) is 45.1 Å². The fraction of sp³-hybridized carbons (Fsp3) is 0.500. The maximum Gasteiger partial charge on any atom is 0.453 e. The smallest absolute Gasteiger partial charge is 0.453 e. The van der Waals surface area contributed by atoms with Gasteiger partial charge in [-0.25, -0.2) is 9.50 Å². The zero-order valence-electron chi connectivity index (χ0n) is 13.8. The lowest BCUT2D eigenvalue weighted by molar-refractivity contribution is -0.144. The molecule has 8 nitrogen and oxygen atoms in total. The van der Waals surface area contributed by atoms with Crippen molar-refractivity contribution in [1.82, 2.24) is 24.9 Å². The van der Waals surface area contributed by atoms with E-state index in [0.717, 1.165) is 4.52 Å². The minimum atomic E-state index is -4.66. The SMILES string of the molecule is COC(=O)CNC(=O)CCc1c(C)nc2nc(C(F)(F)F)nn2c1C. The Labute approximate surface area is 140 Å². The third kappa shape index (κ3) is 4.22. The Morgan fingerprint density at radius 2 is 1.92 bits per heavy atom. The maximum absolute atomic E-state index is 12.7. The van der Waals surface area contributed by atoms with E-state index >= 15 is 0 Å². The summed E-state index contributed by atoms with van der Waals surface area (Å²) in [4.78, 5) is 30.1. The van der Waals surface area contributed by atoms with Gasteiger partial charge >= 0.3 is 12.1 Å². The molecule has 25 heavy (non-hydrogen) atoms. The number of esters is 1. The second-order valence-corrected chi connectivity index (χ2v) is 5.26. The highest BCUT2D eigenvalue weighted by atomic mass is 19.4. The Hall–Kier alpha value is -2.72. The first kappa shape index (κ1) is 18.6. The summed E-state index contributed by atoms with van der Waals surface area (Å²) in [5.74, 6) is -2.39. The molecule has 0 atom stereocenters. The lowest BCUT2D eigenvalue weighted by Gasteiger charge is -2.10. The summed E-state index contributed by atoms with van der Waals surface area (Å²) in [5, 5.41) is 5.83. The molecule has 0 bridgehead atoms. The highest BCUT2D eigenvalue weighted by molar-refractivity contribution is 5.81. The lowest BCUT2D eigenvalue weighted by Crippen LogP contribution is -2.30. The molecule has 0 radical (unpaired) electrons. The number of rotatable bonds is 5. The lowest BCUT2D eigenvalue weighted by atomic mass is 10.1. The first-order chi connectivity index (χ1) is 11.6. The van der Waals surface area contributed by atoms with Crippen molar-refractivity contribution in [2.24, 2.45) is 0 Å². The molecule has 0 aliphatic heterocycles. The quantitative estimate of drug-likeness (QED) is 0.799. The topological polar surface area (TPSA) is 98.5 Å². The molecule has 0 unspecified atom stereocenters. The number of fused-ring (bicyclic) bond motifs is 1. The molecule has 0 saturated heterocycles. The fourth-order valence-electron chi connectivity index (χ4n) is 2.26. The number of aromatic nitrogens is 4. The number of nitrogens with one attached hydrogen (secondary N) is 1. The molecule has 0 spiro atoms. The van der Waals surface area contributed by atoms with Crippen molar-refractivity contribution in [1.29, 1.82) is 0 Å². The summed E-state index contributed by atoms with van der Waals surface area (Å²) < 4.78 is 43.6. The summed E-state index contributed by atoms with van der Waals surface area (Å²) in [5.41, 5.74) is 1.48.